The molecule has 0 radical (unpaired) electrons. The number of aryl methyl sites for hydroxylation is 1. The number of hydrogen-bond acceptors (Lipinski definition) is 5. The van der Waals surface area contributed by atoms with Crippen molar-refractivity contribution in [1.82, 2.24) is 14.7 Å². The Bertz CT molecular complexity index is 1350. The van der Waals surface area contributed by atoms with Crippen LogP contribution >= 0.6 is 11.8 Å². The van der Waals surface area contributed by atoms with E-state index in [1.165, 1.54) is 0 Å². The second-order valence-corrected chi connectivity index (χ2v) is 9.68. The number of nitrogens with zero attached hydrogens (tertiary/aromatic N) is 4. The molecule has 4 heterocycles. The quantitative estimate of drug-likeness (QED) is 0.611. The lowest BCUT2D eigenvalue weighted by molar-refractivity contribution is -0.116. The maximum absolute atomic E-state index is 13.5. The van der Waals surface area contributed by atoms with Crippen LogP contribution < -0.4 is 10.2 Å². The highest BCUT2D eigenvalue weighted by atomic mass is 32.2. The van der Waals surface area contributed by atoms with Crippen molar-refractivity contribution in [3.63, 3.8) is 0 Å². The number of fused-ring (bicyclic) bond motifs is 6. The summed E-state index contributed by atoms with van der Waals surface area (Å²) in [4.78, 5) is 42.9. The van der Waals surface area contributed by atoms with E-state index < -0.39 is 6.17 Å². The first-order chi connectivity index (χ1) is 16.5. The number of carbonyl (C=O) groups is 3. The van der Waals surface area contributed by atoms with Crippen LogP contribution in [0.4, 0.5) is 11.5 Å². The number of benzene rings is 2. The average Bonchev–Trinajstić information content (AvgIpc) is 3.50. The molecule has 9 heteroatoms. The molecule has 2 aromatic carbocycles. The summed E-state index contributed by atoms with van der Waals surface area (Å²) in [6, 6.07) is 14.7. The fraction of sp³-hybridized carbons (Fsp3) is 0.280. The third kappa shape index (κ3) is 3.14. The van der Waals surface area contributed by atoms with Crippen molar-refractivity contribution in [2.24, 2.45) is 7.05 Å². The number of carbonyl (C=O) groups excluding carboxylic acids is 3. The standard InChI is InChI=1S/C25H23N5O3S/c1-28-22(18-13-34-14-19(18)27-28)26-21(31)11-6-12-29-23-15-7-2-3-8-16(15)25(33)30(23)20-10-5-4-9-17(20)24(29)32/h2-5,7-10,23H,6,11-14H2,1H3,(H,26,31). The molecule has 0 fully saturated rings. The Kier molecular flexibility index (Phi) is 4.95. The average molecular weight is 474 g/mol. The first kappa shape index (κ1) is 21.0. The van der Waals surface area contributed by atoms with Crippen LogP contribution in [-0.2, 0) is 23.3 Å². The molecule has 1 atom stereocenters. The Hall–Kier alpha value is -3.59. The van der Waals surface area contributed by atoms with Crippen LogP contribution in [0.25, 0.3) is 0 Å². The van der Waals surface area contributed by atoms with Gasteiger partial charge in [-0.05, 0) is 24.6 Å². The smallest absolute Gasteiger partial charge is 0.260 e. The van der Waals surface area contributed by atoms with Gasteiger partial charge in [-0.2, -0.15) is 16.9 Å². The molecule has 0 bridgehead atoms. The third-order valence-corrected chi connectivity index (χ3v) is 7.63. The molecule has 3 aliphatic rings. The van der Waals surface area contributed by atoms with Crippen LogP contribution in [0.3, 0.4) is 0 Å². The number of thioether (sulfide) groups is 1. The molecule has 3 aliphatic heterocycles. The molecule has 8 nitrogen and oxygen atoms in total. The molecular formula is C25H23N5O3S. The van der Waals surface area contributed by atoms with E-state index in [4.69, 9.17) is 0 Å². The van der Waals surface area contributed by atoms with E-state index in [2.05, 4.69) is 10.4 Å². The summed E-state index contributed by atoms with van der Waals surface area (Å²) in [5.74, 6) is 2.15. The lowest BCUT2D eigenvalue weighted by Gasteiger charge is -2.41. The number of amides is 3. The number of para-hydroxylation sites is 1. The zero-order chi connectivity index (χ0) is 23.4. The number of nitrogens with one attached hydrogen (secondary N) is 1. The van der Waals surface area contributed by atoms with Gasteiger partial charge >= 0.3 is 0 Å². The van der Waals surface area contributed by atoms with Gasteiger partial charge in [-0.3, -0.25) is 24.0 Å². The van der Waals surface area contributed by atoms with Crippen molar-refractivity contribution < 1.29 is 14.4 Å². The van der Waals surface area contributed by atoms with Crippen LogP contribution in [0.15, 0.2) is 48.5 Å². The molecule has 0 saturated carbocycles. The normalized spacial score (nSPS) is 18.0. The van der Waals surface area contributed by atoms with E-state index in [0.717, 1.165) is 34.1 Å². The topological polar surface area (TPSA) is 87.5 Å². The van der Waals surface area contributed by atoms with Crippen LogP contribution in [0.2, 0.25) is 0 Å². The second-order valence-electron chi connectivity index (χ2n) is 8.69. The van der Waals surface area contributed by atoms with E-state index >= 15 is 0 Å². The fourth-order valence-corrected chi connectivity index (χ4v) is 6.14. The van der Waals surface area contributed by atoms with Gasteiger partial charge in [-0.25, -0.2) is 0 Å². The van der Waals surface area contributed by atoms with Gasteiger partial charge in [0.05, 0.1) is 16.9 Å². The summed E-state index contributed by atoms with van der Waals surface area (Å²) >= 11 is 1.79. The number of aromatic nitrogens is 2. The van der Waals surface area contributed by atoms with Gasteiger partial charge < -0.3 is 10.2 Å². The molecule has 172 valence electrons. The molecular weight excluding hydrogens is 450 g/mol. The number of anilines is 2. The summed E-state index contributed by atoms with van der Waals surface area (Å²) in [6.07, 6.45) is 0.252. The Morgan fingerprint density at radius 2 is 1.82 bits per heavy atom. The van der Waals surface area contributed by atoms with Crippen molar-refractivity contribution in [3.8, 4) is 0 Å². The molecule has 3 aromatic rings. The predicted octanol–water partition coefficient (Wildman–Crippen LogP) is 3.70. The van der Waals surface area contributed by atoms with Crippen molar-refractivity contribution in [3.05, 3.63) is 76.5 Å². The molecule has 0 spiro atoms. The minimum Gasteiger partial charge on any atom is -0.313 e. The van der Waals surface area contributed by atoms with E-state index in [1.54, 1.807) is 44.4 Å². The van der Waals surface area contributed by atoms with Gasteiger partial charge in [0.2, 0.25) is 5.91 Å². The molecule has 0 saturated heterocycles. The van der Waals surface area contributed by atoms with Gasteiger partial charge in [0.1, 0.15) is 12.0 Å². The highest BCUT2D eigenvalue weighted by molar-refractivity contribution is 7.98. The Balaban J connectivity index is 1.22. The first-order valence-electron chi connectivity index (χ1n) is 11.3. The van der Waals surface area contributed by atoms with E-state index in [0.29, 0.717) is 29.8 Å². The SMILES string of the molecule is Cn1nc2c(c1NC(=O)CCCN1C(=O)c3ccccc3N3C(=O)c4ccccc4C13)CSC2. The molecule has 1 unspecified atom stereocenters. The minimum absolute atomic E-state index is 0.104. The van der Waals surface area contributed by atoms with Crippen LogP contribution in [0.1, 0.15) is 56.5 Å². The van der Waals surface area contributed by atoms with Crippen molar-refractivity contribution in [2.75, 3.05) is 16.8 Å². The molecule has 6 rings (SSSR count). The molecule has 0 aliphatic carbocycles. The number of hydrogen-bond donors (Lipinski definition) is 1. The molecule has 34 heavy (non-hydrogen) atoms. The van der Waals surface area contributed by atoms with E-state index in [9.17, 15) is 14.4 Å². The zero-order valence-electron chi connectivity index (χ0n) is 18.7. The summed E-state index contributed by atoms with van der Waals surface area (Å²) in [6.45, 7) is 0.364. The summed E-state index contributed by atoms with van der Waals surface area (Å²) in [5.41, 5.74) is 4.71. The first-order valence-corrected chi connectivity index (χ1v) is 12.4. The van der Waals surface area contributed by atoms with Gasteiger partial charge in [-0.1, -0.05) is 30.3 Å². The Morgan fingerprint density at radius 1 is 1.06 bits per heavy atom. The monoisotopic (exact) mass is 473 g/mol. The van der Waals surface area contributed by atoms with Gasteiger partial charge in [0, 0.05) is 48.2 Å². The van der Waals surface area contributed by atoms with Crippen molar-refractivity contribution in [1.29, 1.82) is 0 Å². The summed E-state index contributed by atoms with van der Waals surface area (Å²) in [7, 11) is 1.84. The lowest BCUT2D eigenvalue weighted by atomic mass is 10.0. The highest BCUT2D eigenvalue weighted by Crippen LogP contribution is 2.45. The maximum Gasteiger partial charge on any atom is 0.260 e. The molecule has 1 aromatic heterocycles. The Morgan fingerprint density at radius 3 is 2.68 bits per heavy atom. The zero-order valence-corrected chi connectivity index (χ0v) is 19.5. The molecule has 3 amide bonds. The van der Waals surface area contributed by atoms with Gasteiger partial charge in [0.25, 0.3) is 11.8 Å². The second kappa shape index (κ2) is 8.02. The third-order valence-electron chi connectivity index (χ3n) is 6.66. The molecule has 1 N–H and O–H groups in total. The summed E-state index contributed by atoms with van der Waals surface area (Å²) in [5, 5.41) is 7.49. The summed E-state index contributed by atoms with van der Waals surface area (Å²) < 4.78 is 1.73. The van der Waals surface area contributed by atoms with Crippen LogP contribution in [0.5, 0.6) is 0 Å². The Labute approximate surface area is 200 Å². The largest absolute Gasteiger partial charge is 0.313 e. The van der Waals surface area contributed by atoms with E-state index in [-0.39, 0.29) is 24.1 Å². The van der Waals surface area contributed by atoms with E-state index in [1.807, 2.05) is 37.4 Å². The maximum atomic E-state index is 13.5. The lowest BCUT2D eigenvalue weighted by Crippen LogP contribution is -2.48. The van der Waals surface area contributed by atoms with Crippen molar-refractivity contribution in [2.45, 2.75) is 30.5 Å². The van der Waals surface area contributed by atoms with Crippen LogP contribution in [0, 0.1) is 0 Å². The van der Waals surface area contributed by atoms with Gasteiger partial charge in [-0.15, -0.1) is 0 Å². The van der Waals surface area contributed by atoms with Crippen LogP contribution in [-0.4, -0.2) is 38.9 Å². The predicted molar refractivity (Wildman–Crippen MR) is 130 cm³/mol. The van der Waals surface area contributed by atoms with Gasteiger partial charge in [0.15, 0.2) is 0 Å². The number of rotatable bonds is 5. The highest BCUT2D eigenvalue weighted by Gasteiger charge is 2.47. The minimum atomic E-state index is -0.494. The van der Waals surface area contributed by atoms with Crippen molar-refractivity contribution >= 4 is 41.0 Å². The fourth-order valence-electron chi connectivity index (χ4n) is 5.10.